The van der Waals surface area contributed by atoms with Gasteiger partial charge in [0.25, 0.3) is 5.91 Å². The van der Waals surface area contributed by atoms with Crippen molar-refractivity contribution in [3.8, 4) is 5.75 Å². The van der Waals surface area contributed by atoms with Crippen LogP contribution in [-0.4, -0.2) is 25.2 Å². The molecule has 166 valence electrons. The van der Waals surface area contributed by atoms with E-state index >= 15 is 0 Å². The minimum absolute atomic E-state index is 0.174. The summed E-state index contributed by atoms with van der Waals surface area (Å²) in [5, 5.41) is 1.41. The van der Waals surface area contributed by atoms with Gasteiger partial charge in [-0.15, -0.1) is 0 Å². The largest absolute Gasteiger partial charge is 0.497 e. The van der Waals surface area contributed by atoms with Crippen LogP contribution in [0.2, 0.25) is 0 Å². The highest BCUT2D eigenvalue weighted by molar-refractivity contribution is 8.20. The van der Waals surface area contributed by atoms with Crippen molar-refractivity contribution in [3.63, 3.8) is 0 Å². The molecule has 0 radical (unpaired) electrons. The third-order valence-corrected chi connectivity index (χ3v) is 7.77. The minimum atomic E-state index is -0.352. The lowest BCUT2D eigenvalue weighted by atomic mass is 10.2. The number of hydrogen-bond acceptors (Lipinski definition) is 6. The predicted octanol–water partition coefficient (Wildman–Crippen LogP) is 5.88. The minimum Gasteiger partial charge on any atom is -0.497 e. The molecule has 5 nitrogen and oxygen atoms in total. The number of thioether (sulfide) groups is 2. The highest BCUT2D eigenvalue weighted by Gasteiger charge is 2.40. The van der Waals surface area contributed by atoms with E-state index in [1.807, 2.05) is 60.5 Å². The predicted molar refractivity (Wildman–Crippen MR) is 133 cm³/mol. The number of nitrogens with zero attached hydrogens (tertiary/aromatic N) is 3. The summed E-state index contributed by atoms with van der Waals surface area (Å²) in [5.74, 6) is 0.235. The third-order valence-electron chi connectivity index (χ3n) is 5.34. The highest BCUT2D eigenvalue weighted by atomic mass is 32.2. The molecule has 2 heterocycles. The molecule has 5 rings (SSSR count). The first-order valence-corrected chi connectivity index (χ1v) is 11.9. The fourth-order valence-corrected chi connectivity index (χ4v) is 5.92. The van der Waals surface area contributed by atoms with Crippen molar-refractivity contribution in [3.05, 3.63) is 94.1 Å². The summed E-state index contributed by atoms with van der Waals surface area (Å²) in [7, 11) is 3.57. The summed E-state index contributed by atoms with van der Waals surface area (Å²) in [4.78, 5) is 23.6. The Bertz CT molecular complexity index is 1280. The van der Waals surface area contributed by atoms with Crippen LogP contribution in [0.1, 0.15) is 5.56 Å². The number of hydrogen-bond donors (Lipinski definition) is 0. The average Bonchev–Trinajstić information content (AvgIpc) is 3.34. The van der Waals surface area contributed by atoms with Crippen LogP contribution in [-0.2, 0) is 11.3 Å². The summed E-state index contributed by atoms with van der Waals surface area (Å²) in [6, 6.07) is 21.7. The van der Waals surface area contributed by atoms with E-state index in [4.69, 9.17) is 9.73 Å². The van der Waals surface area contributed by atoms with Crippen molar-refractivity contribution < 1.29 is 13.9 Å². The zero-order valence-electron chi connectivity index (χ0n) is 18.0. The second-order valence-electron chi connectivity index (χ2n) is 7.43. The summed E-state index contributed by atoms with van der Waals surface area (Å²) >= 11 is 2.89. The van der Waals surface area contributed by atoms with Gasteiger partial charge in [0.15, 0.2) is 5.17 Å². The molecule has 8 heteroatoms. The van der Waals surface area contributed by atoms with E-state index in [0.29, 0.717) is 22.3 Å². The quantitative estimate of drug-likeness (QED) is 0.439. The van der Waals surface area contributed by atoms with Crippen LogP contribution in [0.25, 0.3) is 0 Å². The van der Waals surface area contributed by atoms with Gasteiger partial charge < -0.3 is 9.64 Å². The summed E-state index contributed by atoms with van der Waals surface area (Å²) < 4.78 is 18.9. The zero-order chi connectivity index (χ0) is 22.9. The lowest BCUT2D eigenvalue weighted by molar-refractivity contribution is -0.113. The standard InChI is InChI=1S/C25H20FN3O2S2/c1-28-20-14-19(31-2)12-13-21(20)32-24(28)22-23(30)29(18-10-8-17(26)9-11-18)25(33-22)27-15-16-6-4-3-5-7-16/h3-14H,15H2,1-2H3/b24-22-,27-25?. The molecule has 0 N–H and O–H groups in total. The first-order valence-electron chi connectivity index (χ1n) is 10.3. The van der Waals surface area contributed by atoms with Gasteiger partial charge in [-0.1, -0.05) is 42.1 Å². The van der Waals surface area contributed by atoms with E-state index < -0.39 is 0 Å². The molecule has 3 aromatic rings. The van der Waals surface area contributed by atoms with Gasteiger partial charge in [0.05, 0.1) is 30.1 Å². The molecule has 33 heavy (non-hydrogen) atoms. The van der Waals surface area contributed by atoms with Crippen molar-refractivity contribution in [1.82, 2.24) is 0 Å². The van der Waals surface area contributed by atoms with E-state index in [-0.39, 0.29) is 11.7 Å². The molecule has 1 saturated heterocycles. The molecule has 0 aliphatic carbocycles. The SMILES string of the molecule is COc1ccc2c(c1)N(C)/C(=C1/SC(=NCc3ccccc3)N(c3ccc(F)cc3)C1=O)S2. The molecular weight excluding hydrogens is 457 g/mol. The highest BCUT2D eigenvalue weighted by Crippen LogP contribution is 2.51. The molecular formula is C25H20FN3O2S2. The van der Waals surface area contributed by atoms with Gasteiger partial charge >= 0.3 is 0 Å². The van der Waals surface area contributed by atoms with Gasteiger partial charge in [-0.05, 0) is 53.7 Å². The van der Waals surface area contributed by atoms with E-state index in [9.17, 15) is 9.18 Å². The Labute approximate surface area is 200 Å². The molecule has 0 spiro atoms. The molecule has 1 amide bonds. The van der Waals surface area contributed by atoms with Crippen molar-refractivity contribution in [2.75, 3.05) is 24.0 Å². The number of amidine groups is 1. The Kier molecular flexibility index (Phi) is 5.86. The number of carbonyl (C=O) groups excluding carboxylic acids is 1. The lowest BCUT2D eigenvalue weighted by Crippen LogP contribution is -2.29. The molecule has 2 aliphatic rings. The Morgan fingerprint density at radius 1 is 1.00 bits per heavy atom. The van der Waals surface area contributed by atoms with Crippen molar-refractivity contribution in [2.24, 2.45) is 4.99 Å². The van der Waals surface area contributed by atoms with E-state index in [1.165, 1.54) is 23.9 Å². The number of aliphatic imine (C=N–C) groups is 1. The van der Waals surface area contributed by atoms with Gasteiger partial charge in [-0.3, -0.25) is 14.7 Å². The maximum Gasteiger partial charge on any atom is 0.274 e. The van der Waals surface area contributed by atoms with Gasteiger partial charge in [0.2, 0.25) is 0 Å². The van der Waals surface area contributed by atoms with E-state index in [0.717, 1.165) is 26.9 Å². The second-order valence-corrected chi connectivity index (χ2v) is 9.44. The molecule has 0 atom stereocenters. The number of anilines is 2. The van der Waals surface area contributed by atoms with Gasteiger partial charge in [0, 0.05) is 18.0 Å². The van der Waals surface area contributed by atoms with Crippen LogP contribution in [0.3, 0.4) is 0 Å². The van der Waals surface area contributed by atoms with E-state index in [2.05, 4.69) is 0 Å². The van der Waals surface area contributed by atoms with Crippen LogP contribution in [0.4, 0.5) is 15.8 Å². The monoisotopic (exact) mass is 477 g/mol. The normalized spacial score (nSPS) is 18.9. The van der Waals surface area contributed by atoms with Gasteiger partial charge in [-0.25, -0.2) is 4.39 Å². The van der Waals surface area contributed by atoms with Crippen molar-refractivity contribution in [1.29, 1.82) is 0 Å². The second kappa shape index (κ2) is 8.96. The zero-order valence-corrected chi connectivity index (χ0v) is 19.6. The topological polar surface area (TPSA) is 45.1 Å². The molecule has 3 aromatic carbocycles. The summed E-state index contributed by atoms with van der Waals surface area (Å²) in [6.45, 7) is 0.442. The number of amides is 1. The van der Waals surface area contributed by atoms with Crippen LogP contribution in [0.5, 0.6) is 5.75 Å². The average molecular weight is 478 g/mol. The molecule has 0 bridgehead atoms. The molecule has 0 aromatic heterocycles. The van der Waals surface area contributed by atoms with Crippen LogP contribution in [0, 0.1) is 5.82 Å². The van der Waals surface area contributed by atoms with Crippen molar-refractivity contribution in [2.45, 2.75) is 11.4 Å². The molecule has 1 fully saturated rings. The lowest BCUT2D eigenvalue weighted by Gasteiger charge is -2.17. The maximum absolute atomic E-state index is 13.6. The maximum atomic E-state index is 13.6. The van der Waals surface area contributed by atoms with Crippen molar-refractivity contribution >= 4 is 46.0 Å². The molecule has 0 unspecified atom stereocenters. The Morgan fingerprint density at radius 2 is 1.76 bits per heavy atom. The smallest absolute Gasteiger partial charge is 0.274 e. The number of fused-ring (bicyclic) bond motifs is 1. The fraction of sp³-hybridized carbons (Fsp3) is 0.120. The first kappa shape index (κ1) is 21.6. The number of benzene rings is 3. The molecule has 0 saturated carbocycles. The third kappa shape index (κ3) is 4.12. The Balaban J connectivity index is 1.54. The Morgan fingerprint density at radius 3 is 2.48 bits per heavy atom. The number of halogens is 1. The van der Waals surface area contributed by atoms with Gasteiger partial charge in [-0.2, -0.15) is 0 Å². The first-order chi connectivity index (χ1) is 16.0. The number of rotatable bonds is 4. The molecule has 2 aliphatic heterocycles. The fourth-order valence-electron chi connectivity index (χ4n) is 3.62. The van der Waals surface area contributed by atoms with Crippen LogP contribution >= 0.6 is 23.5 Å². The van der Waals surface area contributed by atoms with Gasteiger partial charge in [0.1, 0.15) is 16.5 Å². The number of methoxy groups -OCH3 is 1. The number of carbonyl (C=O) groups is 1. The van der Waals surface area contributed by atoms with E-state index in [1.54, 1.807) is 35.9 Å². The summed E-state index contributed by atoms with van der Waals surface area (Å²) in [5.41, 5.74) is 2.62. The number of ether oxygens (including phenoxy) is 1. The van der Waals surface area contributed by atoms with Crippen LogP contribution in [0.15, 0.2) is 92.6 Å². The van der Waals surface area contributed by atoms with Crippen LogP contribution < -0.4 is 14.5 Å². The Hall–Kier alpha value is -3.23. The summed E-state index contributed by atoms with van der Waals surface area (Å²) in [6.07, 6.45) is 0.